The van der Waals surface area contributed by atoms with Gasteiger partial charge in [0.2, 0.25) is 0 Å². The van der Waals surface area contributed by atoms with Gasteiger partial charge in [-0.25, -0.2) is 4.79 Å². The minimum atomic E-state index is -0.320. The highest BCUT2D eigenvalue weighted by atomic mass is 79.9. The summed E-state index contributed by atoms with van der Waals surface area (Å²) < 4.78 is 4.74. The number of thiophene rings is 1. The summed E-state index contributed by atoms with van der Waals surface area (Å²) in [5, 5.41) is 0.776. The van der Waals surface area contributed by atoms with Gasteiger partial charge in [-0.05, 0) is 35.4 Å². The molecule has 0 saturated heterocycles. The van der Waals surface area contributed by atoms with Gasteiger partial charge in [0.25, 0.3) is 0 Å². The molecule has 23 heavy (non-hydrogen) atoms. The van der Waals surface area contributed by atoms with Crippen molar-refractivity contribution in [1.82, 2.24) is 4.98 Å². The molecule has 0 fully saturated rings. The van der Waals surface area contributed by atoms with Crippen molar-refractivity contribution in [3.8, 4) is 20.9 Å². The van der Waals surface area contributed by atoms with E-state index in [-0.39, 0.29) is 5.97 Å². The second-order valence-electron chi connectivity index (χ2n) is 4.91. The number of halogens is 1. The molecule has 0 amide bonds. The van der Waals surface area contributed by atoms with Gasteiger partial charge in [-0.3, -0.25) is 4.98 Å². The van der Waals surface area contributed by atoms with Crippen molar-refractivity contribution < 1.29 is 9.53 Å². The van der Waals surface area contributed by atoms with E-state index < -0.39 is 0 Å². The Bertz CT molecular complexity index is 813. The van der Waals surface area contributed by atoms with Crippen LogP contribution in [0.4, 0.5) is 0 Å². The third-order valence-corrected chi connectivity index (χ3v) is 5.35. The molecule has 3 rings (SSSR count). The Balaban J connectivity index is 1.99. The molecule has 2 aromatic heterocycles. The van der Waals surface area contributed by atoms with Crippen molar-refractivity contribution in [3.63, 3.8) is 0 Å². The van der Waals surface area contributed by atoms with Gasteiger partial charge in [0.1, 0.15) is 0 Å². The number of esters is 1. The number of alkyl halides is 1. The summed E-state index contributed by atoms with van der Waals surface area (Å²) in [7, 11) is 1.39. The third kappa shape index (κ3) is 3.35. The Hall–Kier alpha value is -1.98. The number of pyridine rings is 1. The van der Waals surface area contributed by atoms with Gasteiger partial charge in [0, 0.05) is 33.0 Å². The fourth-order valence-corrected chi connectivity index (χ4v) is 4.10. The predicted molar refractivity (Wildman–Crippen MR) is 97.0 cm³/mol. The smallest absolute Gasteiger partial charge is 0.337 e. The summed E-state index contributed by atoms with van der Waals surface area (Å²) in [4.78, 5) is 18.1. The summed E-state index contributed by atoms with van der Waals surface area (Å²) in [6.07, 6.45) is 3.64. The molecule has 0 aliphatic heterocycles. The molecule has 1 aromatic carbocycles. The van der Waals surface area contributed by atoms with Crippen molar-refractivity contribution in [3.05, 3.63) is 66.0 Å². The lowest BCUT2D eigenvalue weighted by Crippen LogP contribution is -2.00. The fourth-order valence-electron chi connectivity index (χ4n) is 2.30. The average Bonchev–Trinajstić information content (AvgIpc) is 3.06. The summed E-state index contributed by atoms with van der Waals surface area (Å²) in [5.41, 5.74) is 3.98. The maximum absolute atomic E-state index is 11.5. The Morgan fingerprint density at radius 2 is 2.00 bits per heavy atom. The number of aromatic nitrogens is 1. The largest absolute Gasteiger partial charge is 0.465 e. The van der Waals surface area contributed by atoms with E-state index >= 15 is 0 Å². The number of hydrogen-bond donors (Lipinski definition) is 0. The van der Waals surface area contributed by atoms with Crippen LogP contribution < -0.4 is 0 Å². The Morgan fingerprint density at radius 1 is 1.22 bits per heavy atom. The third-order valence-electron chi connectivity index (χ3n) is 3.47. The van der Waals surface area contributed by atoms with Crippen LogP contribution in [0, 0.1) is 0 Å². The van der Waals surface area contributed by atoms with E-state index in [9.17, 15) is 4.79 Å². The number of hydrogen-bond acceptors (Lipinski definition) is 4. The first-order valence-corrected chi connectivity index (χ1v) is 8.94. The first-order chi connectivity index (χ1) is 11.2. The minimum absolute atomic E-state index is 0.320. The lowest BCUT2D eigenvalue weighted by Gasteiger charge is -2.03. The number of ether oxygens (including phenoxy) is 1. The van der Waals surface area contributed by atoms with E-state index in [1.807, 2.05) is 24.4 Å². The number of nitrogens with zero attached hydrogens (tertiary/aromatic N) is 1. The maximum Gasteiger partial charge on any atom is 0.337 e. The molecule has 116 valence electrons. The van der Waals surface area contributed by atoms with Crippen molar-refractivity contribution in [2.24, 2.45) is 0 Å². The van der Waals surface area contributed by atoms with E-state index in [0.717, 1.165) is 16.5 Å². The van der Waals surface area contributed by atoms with Crippen LogP contribution >= 0.6 is 27.3 Å². The van der Waals surface area contributed by atoms with E-state index in [0.29, 0.717) is 5.56 Å². The molecule has 0 N–H and O–H groups in total. The van der Waals surface area contributed by atoms with Gasteiger partial charge in [0.15, 0.2) is 0 Å². The normalized spacial score (nSPS) is 10.5. The SMILES string of the molecule is COC(=O)c1ccc(-c2sc(-c3cccnc3)cc2CBr)cc1. The van der Waals surface area contributed by atoms with E-state index in [1.54, 1.807) is 29.7 Å². The van der Waals surface area contributed by atoms with Crippen LogP contribution in [-0.2, 0) is 10.1 Å². The highest BCUT2D eigenvalue weighted by Gasteiger charge is 2.13. The topological polar surface area (TPSA) is 39.2 Å². The van der Waals surface area contributed by atoms with Gasteiger partial charge in [-0.15, -0.1) is 11.3 Å². The van der Waals surface area contributed by atoms with Crippen LogP contribution in [-0.4, -0.2) is 18.1 Å². The molecule has 0 aliphatic rings. The number of benzene rings is 1. The zero-order valence-corrected chi connectivity index (χ0v) is 14.9. The van der Waals surface area contributed by atoms with Crippen LogP contribution in [0.5, 0.6) is 0 Å². The quantitative estimate of drug-likeness (QED) is 0.458. The van der Waals surface area contributed by atoms with Gasteiger partial charge in [0.05, 0.1) is 12.7 Å². The summed E-state index contributed by atoms with van der Waals surface area (Å²) in [6.45, 7) is 0. The summed E-state index contributed by atoms with van der Waals surface area (Å²) in [5.74, 6) is -0.320. The van der Waals surface area contributed by atoms with Crippen molar-refractivity contribution >= 4 is 33.2 Å². The van der Waals surface area contributed by atoms with Gasteiger partial charge < -0.3 is 4.74 Å². The van der Waals surface area contributed by atoms with Gasteiger partial charge in [-0.1, -0.05) is 34.1 Å². The minimum Gasteiger partial charge on any atom is -0.465 e. The zero-order chi connectivity index (χ0) is 16.2. The summed E-state index contributed by atoms with van der Waals surface area (Å²) >= 11 is 5.28. The Kier molecular flexibility index (Phi) is 4.88. The molecular formula is C18H14BrNO2S. The highest BCUT2D eigenvalue weighted by molar-refractivity contribution is 9.08. The molecular weight excluding hydrogens is 374 g/mol. The molecule has 5 heteroatoms. The maximum atomic E-state index is 11.5. The monoisotopic (exact) mass is 387 g/mol. The average molecular weight is 388 g/mol. The Morgan fingerprint density at radius 3 is 2.61 bits per heavy atom. The van der Waals surface area contributed by atoms with Crippen molar-refractivity contribution in [2.75, 3.05) is 7.11 Å². The second kappa shape index (κ2) is 7.06. The standard InChI is InChI=1S/C18H14BrNO2S/c1-22-18(21)13-6-4-12(5-7-13)17-15(10-19)9-16(23-17)14-3-2-8-20-11-14/h2-9,11H,10H2,1H3. The number of methoxy groups -OCH3 is 1. The number of carbonyl (C=O) groups is 1. The first-order valence-electron chi connectivity index (χ1n) is 7.00. The molecule has 0 atom stereocenters. The Labute approximate surface area is 147 Å². The second-order valence-corrected chi connectivity index (χ2v) is 6.52. The lowest BCUT2D eigenvalue weighted by molar-refractivity contribution is 0.0601. The van der Waals surface area contributed by atoms with Gasteiger partial charge in [-0.2, -0.15) is 0 Å². The molecule has 2 heterocycles. The molecule has 0 aliphatic carbocycles. The van der Waals surface area contributed by atoms with E-state index in [1.165, 1.54) is 22.4 Å². The lowest BCUT2D eigenvalue weighted by atomic mass is 10.1. The van der Waals surface area contributed by atoms with E-state index in [2.05, 4.69) is 33.0 Å². The molecule has 0 spiro atoms. The van der Waals surface area contributed by atoms with Crippen molar-refractivity contribution in [2.45, 2.75) is 5.33 Å². The summed E-state index contributed by atoms with van der Waals surface area (Å²) in [6, 6.07) is 13.7. The van der Waals surface area contributed by atoms with Crippen LogP contribution in [0.1, 0.15) is 15.9 Å². The van der Waals surface area contributed by atoms with Crippen LogP contribution in [0.2, 0.25) is 0 Å². The molecule has 0 radical (unpaired) electrons. The van der Waals surface area contributed by atoms with Crippen LogP contribution in [0.25, 0.3) is 20.9 Å². The molecule has 0 bridgehead atoms. The van der Waals surface area contributed by atoms with Crippen LogP contribution in [0.3, 0.4) is 0 Å². The molecule has 3 aromatic rings. The highest BCUT2D eigenvalue weighted by Crippen LogP contribution is 2.39. The van der Waals surface area contributed by atoms with E-state index in [4.69, 9.17) is 4.74 Å². The molecule has 0 saturated carbocycles. The zero-order valence-electron chi connectivity index (χ0n) is 12.5. The van der Waals surface area contributed by atoms with Crippen molar-refractivity contribution in [1.29, 1.82) is 0 Å². The number of carbonyl (C=O) groups excluding carboxylic acids is 1. The molecule has 3 nitrogen and oxygen atoms in total. The predicted octanol–water partition coefficient (Wildman–Crippen LogP) is 5.16. The molecule has 0 unspecified atom stereocenters. The number of rotatable bonds is 4. The van der Waals surface area contributed by atoms with Gasteiger partial charge >= 0.3 is 5.97 Å². The van der Waals surface area contributed by atoms with Crippen LogP contribution in [0.15, 0.2) is 54.9 Å². The fraction of sp³-hybridized carbons (Fsp3) is 0.111. The first kappa shape index (κ1) is 15.9.